The summed E-state index contributed by atoms with van der Waals surface area (Å²) in [6.45, 7) is 0.414. The number of aliphatic imine (C=N–C) groups is 1. The topological polar surface area (TPSA) is 106 Å². The van der Waals surface area contributed by atoms with E-state index < -0.39 is 5.92 Å². The molecular formula is C30H20Br3N5O2. The van der Waals surface area contributed by atoms with Crippen LogP contribution in [-0.2, 0) is 0 Å². The quantitative estimate of drug-likeness (QED) is 0.104. The van der Waals surface area contributed by atoms with Gasteiger partial charge in [-0.05, 0) is 36.4 Å². The van der Waals surface area contributed by atoms with Crippen LogP contribution in [0.15, 0.2) is 91.6 Å². The van der Waals surface area contributed by atoms with Crippen LogP contribution in [0.1, 0.15) is 32.3 Å². The summed E-state index contributed by atoms with van der Waals surface area (Å²) in [6, 6.07) is 17.3. The molecule has 4 N–H and O–H groups in total. The van der Waals surface area contributed by atoms with E-state index in [1.165, 1.54) is 0 Å². The number of ketones is 2. The number of aromatic nitrogens is 3. The Bertz CT molecular complexity index is 1930. The molecule has 10 heteroatoms. The van der Waals surface area contributed by atoms with Crippen molar-refractivity contribution < 1.29 is 9.59 Å². The first kappa shape index (κ1) is 25.5. The Hall–Kier alpha value is -3.47. The SMILES string of the molecule is O=C(c1c[nH]c2cc(Br)ccc12)C(C(=O)c1c[nH]c2cc(Br)ccc12)C1=NC[C@H](c2c[nH]c3cc(Br)ccc23)N1. The minimum Gasteiger partial charge on any atom is -0.364 e. The highest BCUT2D eigenvalue weighted by Gasteiger charge is 2.39. The number of carbonyl (C=O) groups excluding carboxylic acids is 2. The van der Waals surface area contributed by atoms with Gasteiger partial charge in [-0.3, -0.25) is 14.6 Å². The average molecular weight is 722 g/mol. The number of aromatic amines is 3. The van der Waals surface area contributed by atoms with E-state index in [-0.39, 0.29) is 17.6 Å². The molecule has 0 radical (unpaired) electrons. The molecule has 6 aromatic rings. The molecule has 0 spiro atoms. The predicted octanol–water partition coefficient (Wildman–Crippen LogP) is 7.84. The van der Waals surface area contributed by atoms with Gasteiger partial charge in [-0.25, -0.2) is 0 Å². The van der Waals surface area contributed by atoms with Gasteiger partial charge in [-0.1, -0.05) is 66.0 Å². The van der Waals surface area contributed by atoms with Crippen LogP contribution in [0, 0.1) is 5.92 Å². The number of hydrogen-bond donors (Lipinski definition) is 4. The van der Waals surface area contributed by atoms with E-state index >= 15 is 0 Å². The van der Waals surface area contributed by atoms with Crippen molar-refractivity contribution in [2.45, 2.75) is 6.04 Å². The van der Waals surface area contributed by atoms with Gasteiger partial charge in [-0.15, -0.1) is 0 Å². The van der Waals surface area contributed by atoms with E-state index in [0.717, 1.165) is 51.7 Å². The Morgan fingerprint density at radius 2 is 1.18 bits per heavy atom. The average Bonchev–Trinajstić information content (AvgIpc) is 3.73. The lowest BCUT2D eigenvalue weighted by atomic mass is 9.88. The standard InChI is InChI=1S/C30H20Br3N5O2/c31-14-1-4-17-20(10-34-23(17)7-14)26-13-37-30(38-26)27(28(39)21-11-35-24-8-15(32)2-5-18(21)24)29(40)22-12-36-25-9-16(33)3-6-19(22)25/h1-12,26-27,34-36H,13H2,(H,37,38)/t26-/m1/s1. The van der Waals surface area contributed by atoms with Crippen LogP contribution in [0.2, 0.25) is 0 Å². The first-order chi connectivity index (χ1) is 19.4. The van der Waals surface area contributed by atoms with Gasteiger partial charge in [0, 0.05) is 81.4 Å². The number of halogens is 3. The van der Waals surface area contributed by atoms with Crippen molar-refractivity contribution in [3.8, 4) is 0 Å². The van der Waals surface area contributed by atoms with Gasteiger partial charge in [0.1, 0.15) is 11.8 Å². The molecule has 3 aromatic heterocycles. The first-order valence-corrected chi connectivity index (χ1v) is 14.9. The van der Waals surface area contributed by atoms with Gasteiger partial charge < -0.3 is 20.3 Å². The van der Waals surface area contributed by atoms with Gasteiger partial charge in [0.05, 0.1) is 12.6 Å². The van der Waals surface area contributed by atoms with Gasteiger partial charge in [0.2, 0.25) is 0 Å². The third-order valence-electron chi connectivity index (χ3n) is 7.43. The predicted molar refractivity (Wildman–Crippen MR) is 168 cm³/mol. The Morgan fingerprint density at radius 1 is 0.700 bits per heavy atom. The fraction of sp³-hybridized carbons (Fsp3) is 0.100. The summed E-state index contributed by atoms with van der Waals surface area (Å²) in [4.78, 5) is 42.9. The summed E-state index contributed by atoms with van der Waals surface area (Å²) in [7, 11) is 0. The Kier molecular flexibility index (Phi) is 6.29. The fourth-order valence-corrected chi connectivity index (χ4v) is 6.59. The number of H-pyrrole nitrogens is 3. The van der Waals surface area contributed by atoms with Crippen LogP contribution in [0.3, 0.4) is 0 Å². The van der Waals surface area contributed by atoms with Crippen molar-refractivity contribution in [1.82, 2.24) is 20.3 Å². The number of carbonyl (C=O) groups is 2. The van der Waals surface area contributed by atoms with Crippen LogP contribution >= 0.6 is 47.8 Å². The van der Waals surface area contributed by atoms with Crippen LogP contribution in [0.5, 0.6) is 0 Å². The number of nitrogens with one attached hydrogen (secondary N) is 4. The van der Waals surface area contributed by atoms with Crippen molar-refractivity contribution in [2.24, 2.45) is 10.9 Å². The second kappa shape index (κ2) is 9.87. The lowest BCUT2D eigenvalue weighted by Crippen LogP contribution is -2.39. The molecule has 0 unspecified atom stereocenters. The highest BCUT2D eigenvalue weighted by Crippen LogP contribution is 2.33. The molecule has 3 aromatic carbocycles. The van der Waals surface area contributed by atoms with E-state index in [1.807, 2.05) is 60.8 Å². The number of hydrogen-bond acceptors (Lipinski definition) is 4. The second-order valence-corrected chi connectivity index (χ2v) is 12.5. The third kappa shape index (κ3) is 4.25. The molecule has 0 bridgehead atoms. The molecule has 4 heterocycles. The van der Waals surface area contributed by atoms with Crippen LogP contribution in [-0.4, -0.2) is 38.9 Å². The molecule has 0 saturated heterocycles. The molecule has 40 heavy (non-hydrogen) atoms. The number of nitrogens with zero attached hydrogens (tertiary/aromatic N) is 1. The monoisotopic (exact) mass is 719 g/mol. The van der Waals surface area contributed by atoms with E-state index in [4.69, 9.17) is 4.99 Å². The minimum absolute atomic E-state index is 0.175. The molecular weight excluding hydrogens is 702 g/mol. The number of Topliss-reactive ketones (excluding diaryl/α,β-unsaturated/α-hetero) is 2. The fourth-order valence-electron chi connectivity index (χ4n) is 5.50. The summed E-state index contributed by atoms with van der Waals surface area (Å²) < 4.78 is 2.78. The van der Waals surface area contributed by atoms with E-state index in [2.05, 4.69) is 68.1 Å². The summed E-state index contributed by atoms with van der Waals surface area (Å²) in [5.74, 6) is -1.36. The van der Waals surface area contributed by atoms with E-state index in [1.54, 1.807) is 12.4 Å². The van der Waals surface area contributed by atoms with Crippen molar-refractivity contribution >= 4 is 97.9 Å². The summed E-state index contributed by atoms with van der Waals surface area (Å²) in [6.07, 6.45) is 5.31. The Balaban J connectivity index is 1.29. The zero-order valence-corrected chi connectivity index (χ0v) is 25.4. The maximum Gasteiger partial charge on any atom is 0.183 e. The number of fused-ring (bicyclic) bond motifs is 3. The highest BCUT2D eigenvalue weighted by atomic mass is 79.9. The van der Waals surface area contributed by atoms with E-state index in [9.17, 15) is 9.59 Å². The molecule has 198 valence electrons. The smallest absolute Gasteiger partial charge is 0.183 e. The minimum atomic E-state index is -1.13. The van der Waals surface area contributed by atoms with Crippen molar-refractivity contribution in [1.29, 1.82) is 0 Å². The third-order valence-corrected chi connectivity index (χ3v) is 8.91. The maximum absolute atomic E-state index is 14.3. The molecule has 7 rings (SSSR count). The van der Waals surface area contributed by atoms with Crippen molar-refractivity contribution in [2.75, 3.05) is 6.54 Å². The zero-order chi connectivity index (χ0) is 27.5. The molecule has 1 atom stereocenters. The summed E-state index contributed by atoms with van der Waals surface area (Å²) in [5.41, 5.74) is 4.56. The van der Waals surface area contributed by atoms with Gasteiger partial charge >= 0.3 is 0 Å². The molecule has 0 aliphatic carbocycles. The van der Waals surface area contributed by atoms with Crippen LogP contribution in [0.25, 0.3) is 32.7 Å². The van der Waals surface area contributed by atoms with Crippen molar-refractivity contribution in [3.05, 3.63) is 103 Å². The molecule has 0 amide bonds. The van der Waals surface area contributed by atoms with E-state index in [0.29, 0.717) is 23.5 Å². The molecule has 1 aliphatic heterocycles. The summed E-state index contributed by atoms with van der Waals surface area (Å²) in [5, 5.41) is 6.02. The number of rotatable bonds is 6. The van der Waals surface area contributed by atoms with Crippen molar-refractivity contribution in [3.63, 3.8) is 0 Å². The van der Waals surface area contributed by atoms with Gasteiger partial charge in [0.15, 0.2) is 11.6 Å². The number of amidine groups is 1. The normalized spacial score (nSPS) is 15.3. The maximum atomic E-state index is 14.3. The largest absolute Gasteiger partial charge is 0.364 e. The molecule has 1 aliphatic rings. The molecule has 0 saturated carbocycles. The first-order valence-electron chi connectivity index (χ1n) is 12.6. The lowest BCUT2D eigenvalue weighted by Gasteiger charge is -2.18. The highest BCUT2D eigenvalue weighted by molar-refractivity contribution is 9.11. The van der Waals surface area contributed by atoms with Crippen LogP contribution in [0.4, 0.5) is 0 Å². The molecule has 0 fully saturated rings. The lowest BCUT2D eigenvalue weighted by molar-refractivity contribution is 0.0853. The van der Waals surface area contributed by atoms with Crippen LogP contribution < -0.4 is 5.32 Å². The van der Waals surface area contributed by atoms with Gasteiger partial charge in [0.25, 0.3) is 0 Å². The Labute approximate surface area is 253 Å². The number of benzene rings is 3. The Morgan fingerprint density at radius 3 is 1.73 bits per heavy atom. The zero-order valence-electron chi connectivity index (χ0n) is 20.7. The van der Waals surface area contributed by atoms with Gasteiger partial charge in [-0.2, -0.15) is 0 Å². The summed E-state index contributed by atoms with van der Waals surface area (Å²) >= 11 is 10.5. The second-order valence-electron chi connectivity index (χ2n) is 9.80. The molecule has 7 nitrogen and oxygen atoms in total.